The topological polar surface area (TPSA) is 89.3 Å². The van der Waals surface area contributed by atoms with Crippen LogP contribution in [0, 0.1) is 5.92 Å². The first-order valence-corrected chi connectivity index (χ1v) is 8.17. The van der Waals surface area contributed by atoms with Gasteiger partial charge in [-0.3, -0.25) is 4.79 Å². The Labute approximate surface area is 128 Å². The van der Waals surface area contributed by atoms with Gasteiger partial charge in [0.15, 0.2) is 0 Å². The fourth-order valence-electron chi connectivity index (χ4n) is 1.36. The van der Waals surface area contributed by atoms with Crippen molar-refractivity contribution >= 4 is 39.1 Å². The molecule has 0 aliphatic rings. The number of benzene rings is 1. The molecule has 0 saturated heterocycles. The lowest BCUT2D eigenvalue weighted by atomic mass is 10.1. The summed E-state index contributed by atoms with van der Waals surface area (Å²) in [4.78, 5) is 11.7. The monoisotopic (exact) mass is 338 g/mol. The average Bonchev–Trinajstić information content (AvgIpc) is 2.30. The quantitative estimate of drug-likeness (QED) is 0.883. The number of nitrogens with one attached hydrogen (secondary N) is 1. The molecule has 8 heteroatoms. The van der Waals surface area contributed by atoms with Gasteiger partial charge in [-0.15, -0.1) is 0 Å². The van der Waals surface area contributed by atoms with Gasteiger partial charge in [0.1, 0.15) is 4.90 Å². The second-order valence-corrected chi connectivity index (χ2v) is 7.14. The van der Waals surface area contributed by atoms with Gasteiger partial charge in [-0.1, -0.05) is 37.0 Å². The van der Waals surface area contributed by atoms with Crippen LogP contribution in [0.5, 0.6) is 0 Å². The number of hydrogen-bond acceptors (Lipinski definition) is 3. The van der Waals surface area contributed by atoms with E-state index in [1.165, 1.54) is 6.07 Å². The molecule has 0 spiro atoms. The van der Waals surface area contributed by atoms with E-state index in [-0.39, 0.29) is 32.5 Å². The molecule has 0 saturated carbocycles. The number of sulfonamides is 1. The Morgan fingerprint density at radius 1 is 1.25 bits per heavy atom. The predicted molar refractivity (Wildman–Crippen MR) is 79.6 cm³/mol. The number of nitrogens with two attached hydrogens (primary N) is 1. The van der Waals surface area contributed by atoms with Crippen molar-refractivity contribution in [1.29, 1.82) is 0 Å². The highest BCUT2D eigenvalue weighted by molar-refractivity contribution is 7.89. The van der Waals surface area contributed by atoms with E-state index in [1.807, 2.05) is 20.8 Å². The first-order chi connectivity index (χ1) is 9.04. The molecule has 1 atom stereocenters. The highest BCUT2D eigenvalue weighted by atomic mass is 35.5. The van der Waals surface area contributed by atoms with Crippen molar-refractivity contribution in [3.8, 4) is 0 Å². The maximum absolute atomic E-state index is 12.1. The molecule has 3 N–H and O–H groups in total. The van der Waals surface area contributed by atoms with Gasteiger partial charge in [-0.2, -0.15) is 0 Å². The highest BCUT2D eigenvalue weighted by Crippen LogP contribution is 2.30. The molecule has 1 amide bonds. The van der Waals surface area contributed by atoms with Gasteiger partial charge in [-0.05, 0) is 25.0 Å². The maximum atomic E-state index is 12.1. The minimum atomic E-state index is -4.05. The predicted octanol–water partition coefficient (Wildman–Crippen LogP) is 2.42. The first-order valence-electron chi connectivity index (χ1n) is 5.86. The SMILES string of the molecule is CC(C)C(C)NC(=O)c1cc(Cl)c(Cl)c(S(N)(=O)=O)c1. The number of rotatable bonds is 4. The molecule has 0 bridgehead atoms. The number of amides is 1. The summed E-state index contributed by atoms with van der Waals surface area (Å²) in [5.74, 6) is -0.200. The van der Waals surface area contributed by atoms with Crippen LogP contribution in [0.2, 0.25) is 10.0 Å². The largest absolute Gasteiger partial charge is 0.349 e. The van der Waals surface area contributed by atoms with Crippen LogP contribution >= 0.6 is 23.2 Å². The third-order valence-electron chi connectivity index (χ3n) is 2.92. The summed E-state index contributed by atoms with van der Waals surface area (Å²) in [5, 5.41) is 7.55. The lowest BCUT2D eigenvalue weighted by Crippen LogP contribution is -2.36. The fourth-order valence-corrected chi connectivity index (χ4v) is 2.72. The summed E-state index contributed by atoms with van der Waals surface area (Å²) in [6.45, 7) is 5.76. The molecule has 0 aliphatic heterocycles. The number of carbonyl (C=O) groups is 1. The zero-order valence-electron chi connectivity index (χ0n) is 11.3. The van der Waals surface area contributed by atoms with Crippen molar-refractivity contribution in [2.24, 2.45) is 11.1 Å². The van der Waals surface area contributed by atoms with E-state index in [4.69, 9.17) is 28.3 Å². The molecule has 112 valence electrons. The van der Waals surface area contributed by atoms with E-state index in [2.05, 4.69) is 5.32 Å². The van der Waals surface area contributed by atoms with E-state index in [0.29, 0.717) is 0 Å². The van der Waals surface area contributed by atoms with Crippen molar-refractivity contribution in [2.75, 3.05) is 0 Å². The molecule has 1 unspecified atom stereocenters. The maximum Gasteiger partial charge on any atom is 0.251 e. The highest BCUT2D eigenvalue weighted by Gasteiger charge is 2.20. The lowest BCUT2D eigenvalue weighted by Gasteiger charge is -2.18. The van der Waals surface area contributed by atoms with Gasteiger partial charge in [0.2, 0.25) is 10.0 Å². The van der Waals surface area contributed by atoms with Crippen LogP contribution in [-0.2, 0) is 10.0 Å². The van der Waals surface area contributed by atoms with Crippen LogP contribution in [0.1, 0.15) is 31.1 Å². The van der Waals surface area contributed by atoms with Crippen LogP contribution in [0.25, 0.3) is 0 Å². The van der Waals surface area contributed by atoms with Crippen molar-refractivity contribution in [2.45, 2.75) is 31.7 Å². The number of primary sulfonamides is 1. The molecular formula is C12H16Cl2N2O3S. The molecule has 1 rings (SSSR count). The Kier molecular flexibility index (Phi) is 5.43. The average molecular weight is 339 g/mol. The summed E-state index contributed by atoms with van der Waals surface area (Å²) in [5.41, 5.74) is 0.0934. The zero-order chi connectivity index (χ0) is 15.7. The molecule has 0 aliphatic carbocycles. The Morgan fingerprint density at radius 2 is 1.80 bits per heavy atom. The summed E-state index contributed by atoms with van der Waals surface area (Å²) in [6.07, 6.45) is 0. The van der Waals surface area contributed by atoms with Gasteiger partial charge < -0.3 is 5.32 Å². The fraction of sp³-hybridized carbons (Fsp3) is 0.417. The molecule has 0 fully saturated rings. The molecule has 1 aromatic rings. The second kappa shape index (κ2) is 6.30. The van der Waals surface area contributed by atoms with E-state index in [1.54, 1.807) is 0 Å². The van der Waals surface area contributed by atoms with Gasteiger partial charge in [0.25, 0.3) is 5.91 Å². The van der Waals surface area contributed by atoms with Gasteiger partial charge in [-0.25, -0.2) is 13.6 Å². The van der Waals surface area contributed by atoms with Gasteiger partial charge >= 0.3 is 0 Å². The molecule has 0 aromatic heterocycles. The minimum absolute atomic E-state index is 0.0412. The number of halogens is 2. The minimum Gasteiger partial charge on any atom is -0.349 e. The van der Waals surface area contributed by atoms with Crippen molar-refractivity contribution in [1.82, 2.24) is 5.32 Å². The van der Waals surface area contributed by atoms with Gasteiger partial charge in [0, 0.05) is 11.6 Å². The molecule has 20 heavy (non-hydrogen) atoms. The smallest absolute Gasteiger partial charge is 0.251 e. The Hall–Kier alpha value is -0.820. The van der Waals surface area contributed by atoms with Crippen LogP contribution < -0.4 is 10.5 Å². The first kappa shape index (κ1) is 17.2. The summed E-state index contributed by atoms with van der Waals surface area (Å²) >= 11 is 11.6. The third-order valence-corrected chi connectivity index (χ3v) is 4.77. The standard InChI is InChI=1S/C12H16Cl2N2O3S/c1-6(2)7(3)16-12(17)8-4-9(13)11(14)10(5-8)20(15,18)19/h4-7H,1-3H3,(H,16,17)(H2,15,18,19). The molecule has 0 heterocycles. The van der Waals surface area contributed by atoms with Crippen LogP contribution in [-0.4, -0.2) is 20.4 Å². The van der Waals surface area contributed by atoms with Crippen molar-refractivity contribution in [3.63, 3.8) is 0 Å². The van der Waals surface area contributed by atoms with E-state index < -0.39 is 15.9 Å². The Bertz CT molecular complexity index is 630. The number of carbonyl (C=O) groups excluding carboxylic acids is 1. The van der Waals surface area contributed by atoms with Crippen molar-refractivity contribution in [3.05, 3.63) is 27.7 Å². The number of hydrogen-bond donors (Lipinski definition) is 2. The van der Waals surface area contributed by atoms with Crippen LogP contribution in [0.4, 0.5) is 0 Å². The molecule has 1 aromatic carbocycles. The van der Waals surface area contributed by atoms with Crippen molar-refractivity contribution < 1.29 is 13.2 Å². The normalized spacial score (nSPS) is 13.3. The lowest BCUT2D eigenvalue weighted by molar-refractivity contribution is 0.0930. The summed E-state index contributed by atoms with van der Waals surface area (Å²) < 4.78 is 22.8. The summed E-state index contributed by atoms with van der Waals surface area (Å²) in [6, 6.07) is 2.35. The Morgan fingerprint density at radius 3 is 2.25 bits per heavy atom. The second-order valence-electron chi connectivity index (χ2n) is 4.82. The Balaban J connectivity index is 3.21. The van der Waals surface area contributed by atoms with Crippen LogP contribution in [0.3, 0.4) is 0 Å². The summed E-state index contributed by atoms with van der Waals surface area (Å²) in [7, 11) is -4.05. The van der Waals surface area contributed by atoms with Crippen LogP contribution in [0.15, 0.2) is 17.0 Å². The molecular weight excluding hydrogens is 323 g/mol. The third kappa shape index (κ3) is 4.09. The molecule has 0 radical (unpaired) electrons. The van der Waals surface area contributed by atoms with E-state index >= 15 is 0 Å². The van der Waals surface area contributed by atoms with E-state index in [0.717, 1.165) is 6.07 Å². The zero-order valence-corrected chi connectivity index (χ0v) is 13.6. The molecule has 5 nitrogen and oxygen atoms in total. The van der Waals surface area contributed by atoms with Gasteiger partial charge in [0.05, 0.1) is 10.0 Å². The van der Waals surface area contributed by atoms with E-state index in [9.17, 15) is 13.2 Å².